The first kappa shape index (κ1) is 23.7. The number of para-hydroxylation sites is 1. The smallest absolute Gasteiger partial charge is 0.251 e. The molecule has 1 unspecified atom stereocenters. The third-order valence-corrected chi connectivity index (χ3v) is 6.21. The Bertz CT molecular complexity index is 1110. The number of benzene rings is 3. The molecule has 0 radical (unpaired) electrons. The topological polar surface area (TPSA) is 50.8 Å². The highest BCUT2D eigenvalue weighted by atomic mass is 16.5. The van der Waals surface area contributed by atoms with Crippen LogP contribution in [-0.4, -0.2) is 25.7 Å². The van der Waals surface area contributed by atoms with Crippen LogP contribution in [-0.2, 0) is 13.0 Å². The van der Waals surface area contributed by atoms with Crippen LogP contribution in [0.5, 0.6) is 11.5 Å². The first-order valence-electron chi connectivity index (χ1n) is 12.2. The molecule has 0 saturated carbocycles. The van der Waals surface area contributed by atoms with E-state index in [1.165, 1.54) is 23.2 Å². The third-order valence-electron chi connectivity index (χ3n) is 6.21. The lowest BCUT2D eigenvalue weighted by molar-refractivity contribution is 0.0940. The average molecular weight is 459 g/mol. The van der Waals surface area contributed by atoms with Gasteiger partial charge in [0.25, 0.3) is 5.91 Å². The number of fused-ring (bicyclic) bond motifs is 1. The molecule has 1 N–H and O–H groups in total. The van der Waals surface area contributed by atoms with E-state index in [1.54, 1.807) is 0 Å². The number of carbonyl (C=O) groups is 1. The van der Waals surface area contributed by atoms with Crippen molar-refractivity contribution >= 4 is 11.6 Å². The number of aryl methyl sites for hydroxylation is 1. The average Bonchev–Trinajstić information content (AvgIpc) is 2.86. The lowest BCUT2D eigenvalue weighted by Crippen LogP contribution is -2.29. The Balaban J connectivity index is 1.40. The van der Waals surface area contributed by atoms with Gasteiger partial charge in [-0.1, -0.05) is 36.4 Å². The van der Waals surface area contributed by atoms with Crippen LogP contribution in [0.2, 0.25) is 0 Å². The Morgan fingerprint density at radius 2 is 1.71 bits per heavy atom. The van der Waals surface area contributed by atoms with Gasteiger partial charge in [-0.3, -0.25) is 4.79 Å². The van der Waals surface area contributed by atoms with Crippen molar-refractivity contribution in [1.82, 2.24) is 5.32 Å². The maximum atomic E-state index is 12.9. The molecule has 4 rings (SSSR count). The quantitative estimate of drug-likeness (QED) is 0.432. The number of amides is 1. The third kappa shape index (κ3) is 5.53. The van der Waals surface area contributed by atoms with Gasteiger partial charge < -0.3 is 19.7 Å². The summed E-state index contributed by atoms with van der Waals surface area (Å²) < 4.78 is 11.4. The summed E-state index contributed by atoms with van der Waals surface area (Å²) in [6.07, 6.45) is 2.32. The van der Waals surface area contributed by atoms with Crippen molar-refractivity contribution < 1.29 is 14.3 Å². The zero-order valence-corrected chi connectivity index (χ0v) is 20.3. The molecule has 0 bridgehead atoms. The van der Waals surface area contributed by atoms with Crippen molar-refractivity contribution in [1.29, 1.82) is 0 Å². The van der Waals surface area contributed by atoms with Crippen LogP contribution in [0.4, 0.5) is 5.69 Å². The fraction of sp³-hybridized carbons (Fsp3) is 0.345. The minimum Gasteiger partial charge on any atom is -0.490 e. The SMILES string of the molecule is CCOc1ccc(C(C)NC(=O)c2ccc(CN3CCCc4ccccc43)cc2)cc1OCC. The van der Waals surface area contributed by atoms with Crippen LogP contribution in [0.1, 0.15) is 60.3 Å². The van der Waals surface area contributed by atoms with Gasteiger partial charge in [0.15, 0.2) is 11.5 Å². The molecule has 34 heavy (non-hydrogen) atoms. The van der Waals surface area contributed by atoms with Crippen LogP contribution in [0, 0.1) is 0 Å². The molecule has 0 saturated heterocycles. The van der Waals surface area contributed by atoms with Crippen LogP contribution >= 0.6 is 0 Å². The van der Waals surface area contributed by atoms with Crippen molar-refractivity contribution in [2.45, 2.75) is 46.2 Å². The zero-order chi connectivity index (χ0) is 23.9. The molecule has 0 fully saturated rings. The molecule has 3 aromatic rings. The summed E-state index contributed by atoms with van der Waals surface area (Å²) in [7, 11) is 0. The van der Waals surface area contributed by atoms with E-state index in [0.717, 1.165) is 30.8 Å². The molecule has 0 aliphatic carbocycles. The second-order valence-electron chi connectivity index (χ2n) is 8.62. The van der Waals surface area contributed by atoms with Crippen LogP contribution in [0.25, 0.3) is 0 Å². The number of carbonyl (C=O) groups excluding carboxylic acids is 1. The Morgan fingerprint density at radius 3 is 2.47 bits per heavy atom. The molecular weight excluding hydrogens is 424 g/mol. The molecule has 1 aliphatic rings. The maximum Gasteiger partial charge on any atom is 0.251 e. The fourth-order valence-corrected chi connectivity index (χ4v) is 4.46. The van der Waals surface area contributed by atoms with Crippen molar-refractivity contribution in [3.05, 3.63) is 89.0 Å². The second-order valence-corrected chi connectivity index (χ2v) is 8.62. The first-order valence-corrected chi connectivity index (χ1v) is 12.2. The van der Waals surface area contributed by atoms with Crippen LogP contribution < -0.4 is 19.7 Å². The minimum atomic E-state index is -0.160. The van der Waals surface area contributed by atoms with Crippen molar-refractivity contribution in [3.63, 3.8) is 0 Å². The number of rotatable bonds is 9. The fourth-order valence-electron chi connectivity index (χ4n) is 4.46. The van der Waals surface area contributed by atoms with E-state index >= 15 is 0 Å². The van der Waals surface area contributed by atoms with E-state index in [-0.39, 0.29) is 11.9 Å². The van der Waals surface area contributed by atoms with Crippen molar-refractivity contribution in [2.75, 3.05) is 24.7 Å². The van der Waals surface area contributed by atoms with Crippen molar-refractivity contribution in [3.8, 4) is 11.5 Å². The number of hydrogen-bond acceptors (Lipinski definition) is 4. The molecule has 5 nitrogen and oxygen atoms in total. The highest BCUT2D eigenvalue weighted by molar-refractivity contribution is 5.94. The van der Waals surface area contributed by atoms with Gasteiger partial charge in [-0.05, 0) is 80.6 Å². The lowest BCUT2D eigenvalue weighted by Gasteiger charge is -2.31. The predicted molar refractivity (Wildman–Crippen MR) is 137 cm³/mol. The van der Waals surface area contributed by atoms with Gasteiger partial charge in [0.2, 0.25) is 0 Å². The van der Waals surface area contributed by atoms with Gasteiger partial charge >= 0.3 is 0 Å². The number of nitrogens with zero attached hydrogens (tertiary/aromatic N) is 1. The number of hydrogen-bond donors (Lipinski definition) is 1. The molecule has 5 heteroatoms. The van der Waals surface area contributed by atoms with Gasteiger partial charge in [-0.25, -0.2) is 0 Å². The standard InChI is InChI=1S/C29H34N2O3/c1-4-33-27-17-16-25(19-28(27)34-5-2)21(3)30-29(32)24-14-12-22(13-15-24)20-31-18-8-10-23-9-6-7-11-26(23)31/h6-7,9,11-17,19,21H,4-5,8,10,18,20H2,1-3H3,(H,30,32). The summed E-state index contributed by atoms with van der Waals surface area (Å²) in [5.41, 5.74) is 5.58. The molecule has 1 amide bonds. The highest BCUT2D eigenvalue weighted by Gasteiger charge is 2.17. The zero-order valence-electron chi connectivity index (χ0n) is 20.3. The van der Waals surface area contributed by atoms with Crippen LogP contribution in [0.3, 0.4) is 0 Å². The van der Waals surface area contributed by atoms with Gasteiger partial charge in [0.1, 0.15) is 0 Å². The first-order chi connectivity index (χ1) is 16.6. The van der Waals surface area contributed by atoms with E-state index in [4.69, 9.17) is 9.47 Å². The predicted octanol–water partition coefficient (Wildman–Crippen LogP) is 5.93. The largest absolute Gasteiger partial charge is 0.490 e. The summed E-state index contributed by atoms with van der Waals surface area (Å²) in [5.74, 6) is 1.33. The van der Waals surface area contributed by atoms with E-state index < -0.39 is 0 Å². The molecule has 1 atom stereocenters. The number of nitrogens with one attached hydrogen (secondary N) is 1. The second kappa shape index (κ2) is 11.1. The van der Waals surface area contributed by atoms with E-state index in [9.17, 15) is 4.79 Å². The summed E-state index contributed by atoms with van der Waals surface area (Å²) in [6.45, 7) is 8.91. The molecule has 0 spiro atoms. The molecule has 1 aliphatic heterocycles. The summed E-state index contributed by atoms with van der Waals surface area (Å²) in [6, 6.07) is 22.2. The van der Waals surface area contributed by atoms with Gasteiger partial charge in [-0.15, -0.1) is 0 Å². The Hall–Kier alpha value is -3.47. The Labute approximate surface area is 202 Å². The molecule has 0 aromatic heterocycles. The number of ether oxygens (including phenoxy) is 2. The summed E-state index contributed by atoms with van der Waals surface area (Å²) in [4.78, 5) is 15.3. The monoisotopic (exact) mass is 458 g/mol. The minimum absolute atomic E-state index is 0.0887. The van der Waals surface area contributed by atoms with E-state index in [0.29, 0.717) is 24.5 Å². The summed E-state index contributed by atoms with van der Waals surface area (Å²) >= 11 is 0. The van der Waals surface area contributed by atoms with Gasteiger partial charge in [0, 0.05) is 24.3 Å². The van der Waals surface area contributed by atoms with Gasteiger partial charge in [0.05, 0.1) is 19.3 Å². The van der Waals surface area contributed by atoms with Crippen molar-refractivity contribution in [2.24, 2.45) is 0 Å². The number of anilines is 1. The normalized spacial score (nSPS) is 13.7. The molecular formula is C29H34N2O3. The Kier molecular flexibility index (Phi) is 7.73. The maximum absolute atomic E-state index is 12.9. The summed E-state index contributed by atoms with van der Waals surface area (Å²) in [5, 5.41) is 3.10. The van der Waals surface area contributed by atoms with Crippen LogP contribution in [0.15, 0.2) is 66.7 Å². The van der Waals surface area contributed by atoms with E-state index in [1.807, 2.05) is 51.1 Å². The Morgan fingerprint density at radius 1 is 0.971 bits per heavy atom. The molecule has 3 aromatic carbocycles. The molecule has 178 valence electrons. The molecule has 1 heterocycles. The highest BCUT2D eigenvalue weighted by Crippen LogP contribution is 2.31. The van der Waals surface area contributed by atoms with Gasteiger partial charge in [-0.2, -0.15) is 0 Å². The van der Waals surface area contributed by atoms with E-state index in [2.05, 4.69) is 46.6 Å². The lowest BCUT2D eigenvalue weighted by atomic mass is 10.0.